The molecule has 110 valence electrons. The largest absolute Gasteiger partial charge is 0.493 e. The van der Waals surface area contributed by atoms with Crippen molar-refractivity contribution in [1.82, 2.24) is 0 Å². The minimum Gasteiger partial charge on any atom is -0.493 e. The summed E-state index contributed by atoms with van der Waals surface area (Å²) in [6.45, 7) is 5.62. The third-order valence-electron chi connectivity index (χ3n) is 2.82. The monoisotopic (exact) mass is 396 g/mol. The third-order valence-corrected chi connectivity index (χ3v) is 3.62. The van der Waals surface area contributed by atoms with E-state index in [1.807, 2.05) is 49.4 Å². The molecule has 0 fully saturated rings. The summed E-state index contributed by atoms with van der Waals surface area (Å²) >= 11 is 2.21. The Kier molecular flexibility index (Phi) is 5.50. The lowest BCUT2D eigenvalue weighted by atomic mass is 10.2. The Morgan fingerprint density at radius 2 is 1.86 bits per heavy atom. The van der Waals surface area contributed by atoms with Gasteiger partial charge in [-0.25, -0.2) is 0 Å². The topological polar surface area (TPSA) is 27.7 Å². The maximum absolute atomic E-state index is 5.88. The van der Waals surface area contributed by atoms with Gasteiger partial charge in [-0.1, -0.05) is 30.9 Å². The first-order valence-corrected chi connectivity index (χ1v) is 7.60. The molecule has 3 nitrogen and oxygen atoms in total. The summed E-state index contributed by atoms with van der Waals surface area (Å²) in [7, 11) is 1.62. The second-order valence-corrected chi connectivity index (χ2v) is 5.52. The van der Waals surface area contributed by atoms with Crippen molar-refractivity contribution in [3.63, 3.8) is 0 Å². The van der Waals surface area contributed by atoms with Gasteiger partial charge in [0.2, 0.25) is 6.29 Å². The molecule has 1 unspecified atom stereocenters. The van der Waals surface area contributed by atoms with Crippen LogP contribution in [0.3, 0.4) is 0 Å². The van der Waals surface area contributed by atoms with Crippen molar-refractivity contribution in [1.29, 1.82) is 0 Å². The molecular weight excluding hydrogens is 379 g/mol. The van der Waals surface area contributed by atoms with Crippen LogP contribution in [0.4, 0.5) is 0 Å². The summed E-state index contributed by atoms with van der Waals surface area (Å²) in [6.07, 6.45) is 1.35. The van der Waals surface area contributed by atoms with Crippen LogP contribution in [0.2, 0.25) is 0 Å². The lowest BCUT2D eigenvalue weighted by Gasteiger charge is -2.19. The number of halogens is 1. The molecule has 2 rings (SSSR count). The van der Waals surface area contributed by atoms with Gasteiger partial charge in [0.05, 0.1) is 10.7 Å². The molecule has 0 aliphatic heterocycles. The zero-order valence-corrected chi connectivity index (χ0v) is 14.2. The fourth-order valence-corrected chi connectivity index (χ4v) is 2.61. The highest BCUT2D eigenvalue weighted by Crippen LogP contribution is 2.35. The van der Waals surface area contributed by atoms with Crippen molar-refractivity contribution in [2.24, 2.45) is 0 Å². The van der Waals surface area contributed by atoms with Gasteiger partial charge in [0.25, 0.3) is 0 Å². The molecule has 0 aliphatic carbocycles. The standard InChI is InChI=1S/C17H17IO3/c1-4-13-10-15(18)17(16(11-13)19-3)21-12(2)20-14-8-6-5-7-9-14/h4-12H,1H2,2-3H3. The molecule has 1 atom stereocenters. The van der Waals surface area contributed by atoms with Gasteiger partial charge in [-0.2, -0.15) is 0 Å². The summed E-state index contributed by atoms with van der Waals surface area (Å²) in [5.74, 6) is 2.11. The molecule has 4 heteroatoms. The number of hydrogen-bond donors (Lipinski definition) is 0. The quantitative estimate of drug-likeness (QED) is 0.521. The summed E-state index contributed by atoms with van der Waals surface area (Å²) in [5.41, 5.74) is 0.986. The fraction of sp³-hybridized carbons (Fsp3) is 0.176. The summed E-state index contributed by atoms with van der Waals surface area (Å²) in [6, 6.07) is 13.4. The smallest absolute Gasteiger partial charge is 0.238 e. The minimum absolute atomic E-state index is 0.426. The molecule has 0 spiro atoms. The molecular formula is C17H17IO3. The molecule has 0 bridgehead atoms. The van der Waals surface area contributed by atoms with E-state index in [1.165, 1.54) is 0 Å². The van der Waals surface area contributed by atoms with E-state index in [2.05, 4.69) is 29.2 Å². The molecule has 2 aromatic carbocycles. The number of benzene rings is 2. The predicted octanol–water partition coefficient (Wildman–Crippen LogP) is 4.75. The van der Waals surface area contributed by atoms with Crippen LogP contribution >= 0.6 is 22.6 Å². The van der Waals surface area contributed by atoms with Gasteiger partial charge in [0.1, 0.15) is 5.75 Å². The van der Waals surface area contributed by atoms with E-state index >= 15 is 0 Å². The zero-order valence-electron chi connectivity index (χ0n) is 12.0. The average molecular weight is 396 g/mol. The van der Waals surface area contributed by atoms with Gasteiger partial charge in [-0.15, -0.1) is 0 Å². The second-order valence-electron chi connectivity index (χ2n) is 4.35. The maximum Gasteiger partial charge on any atom is 0.238 e. The van der Waals surface area contributed by atoms with Crippen molar-refractivity contribution in [3.05, 3.63) is 58.2 Å². The Morgan fingerprint density at radius 1 is 1.14 bits per heavy atom. The Hall–Kier alpha value is -1.69. The van der Waals surface area contributed by atoms with Crippen LogP contribution in [-0.4, -0.2) is 13.4 Å². The molecule has 0 aromatic heterocycles. The molecule has 2 aromatic rings. The Labute approximate surface area is 138 Å². The highest BCUT2D eigenvalue weighted by atomic mass is 127. The van der Waals surface area contributed by atoms with Crippen LogP contribution in [0.5, 0.6) is 17.2 Å². The SMILES string of the molecule is C=Cc1cc(I)c(OC(C)Oc2ccccc2)c(OC)c1. The molecule has 0 amide bonds. The van der Waals surface area contributed by atoms with E-state index in [0.717, 1.165) is 14.9 Å². The van der Waals surface area contributed by atoms with Crippen LogP contribution in [0.1, 0.15) is 12.5 Å². The average Bonchev–Trinajstić information content (AvgIpc) is 2.50. The molecule has 0 saturated heterocycles. The van der Waals surface area contributed by atoms with Crippen LogP contribution in [0.15, 0.2) is 49.0 Å². The first kappa shape index (κ1) is 15.7. The fourth-order valence-electron chi connectivity index (χ4n) is 1.85. The number of rotatable bonds is 6. The highest BCUT2D eigenvalue weighted by Gasteiger charge is 2.15. The number of methoxy groups -OCH3 is 1. The van der Waals surface area contributed by atoms with Crippen LogP contribution in [-0.2, 0) is 0 Å². The van der Waals surface area contributed by atoms with Crippen molar-refractivity contribution in [3.8, 4) is 17.2 Å². The molecule has 0 N–H and O–H groups in total. The Morgan fingerprint density at radius 3 is 2.48 bits per heavy atom. The van der Waals surface area contributed by atoms with Crippen LogP contribution in [0, 0.1) is 3.57 Å². The first-order chi connectivity index (χ1) is 10.1. The van der Waals surface area contributed by atoms with Crippen molar-refractivity contribution >= 4 is 28.7 Å². The van der Waals surface area contributed by atoms with E-state index in [-0.39, 0.29) is 0 Å². The first-order valence-electron chi connectivity index (χ1n) is 6.52. The highest BCUT2D eigenvalue weighted by molar-refractivity contribution is 14.1. The number of hydrogen-bond acceptors (Lipinski definition) is 3. The lowest BCUT2D eigenvalue weighted by molar-refractivity contribution is 0.0196. The second kappa shape index (κ2) is 7.36. The van der Waals surface area contributed by atoms with Gasteiger partial charge in [-0.3, -0.25) is 0 Å². The van der Waals surface area contributed by atoms with Gasteiger partial charge in [0.15, 0.2) is 11.5 Å². The maximum atomic E-state index is 5.88. The van der Waals surface area contributed by atoms with Gasteiger partial charge in [-0.05, 0) is 52.4 Å². The summed E-state index contributed by atoms with van der Waals surface area (Å²) < 4.78 is 17.9. The summed E-state index contributed by atoms with van der Waals surface area (Å²) in [4.78, 5) is 0. The molecule has 0 heterocycles. The molecule has 0 saturated carbocycles. The van der Waals surface area contributed by atoms with Crippen molar-refractivity contribution < 1.29 is 14.2 Å². The van der Waals surface area contributed by atoms with E-state index in [9.17, 15) is 0 Å². The van der Waals surface area contributed by atoms with E-state index in [1.54, 1.807) is 13.2 Å². The summed E-state index contributed by atoms with van der Waals surface area (Å²) in [5, 5.41) is 0. The number of ether oxygens (including phenoxy) is 3. The van der Waals surface area contributed by atoms with Gasteiger partial charge < -0.3 is 14.2 Å². The van der Waals surface area contributed by atoms with Gasteiger partial charge >= 0.3 is 0 Å². The Bertz CT molecular complexity index is 611. The normalized spacial score (nSPS) is 11.6. The lowest BCUT2D eigenvalue weighted by Crippen LogP contribution is -2.20. The van der Waals surface area contributed by atoms with E-state index in [4.69, 9.17) is 14.2 Å². The predicted molar refractivity (Wildman–Crippen MR) is 93.0 cm³/mol. The Balaban J connectivity index is 2.17. The molecule has 0 radical (unpaired) electrons. The van der Waals surface area contributed by atoms with E-state index in [0.29, 0.717) is 11.5 Å². The number of para-hydroxylation sites is 1. The molecule has 21 heavy (non-hydrogen) atoms. The van der Waals surface area contributed by atoms with Crippen molar-refractivity contribution in [2.45, 2.75) is 13.2 Å². The van der Waals surface area contributed by atoms with E-state index < -0.39 is 6.29 Å². The van der Waals surface area contributed by atoms with Crippen molar-refractivity contribution in [2.75, 3.05) is 7.11 Å². The third kappa shape index (κ3) is 4.14. The van der Waals surface area contributed by atoms with Gasteiger partial charge in [0, 0.05) is 6.92 Å². The molecule has 0 aliphatic rings. The zero-order chi connectivity index (χ0) is 15.2. The van der Waals surface area contributed by atoms with Crippen LogP contribution < -0.4 is 14.2 Å². The minimum atomic E-state index is -0.426. The van der Waals surface area contributed by atoms with Crippen LogP contribution in [0.25, 0.3) is 6.08 Å².